The maximum Gasteiger partial charge on any atom is 0.407 e. The summed E-state index contributed by atoms with van der Waals surface area (Å²) in [6.45, 7) is 2.31. The van der Waals surface area contributed by atoms with Crippen LogP contribution in [0.3, 0.4) is 0 Å². The molecular weight excluding hydrogens is 234 g/mol. The SMILES string of the molecule is CSCCC(C)NC(=O)OCc1ccccc1. The third-order valence-electron chi connectivity index (χ3n) is 2.33. The summed E-state index contributed by atoms with van der Waals surface area (Å²) < 4.78 is 5.12. The minimum atomic E-state index is -0.345. The normalized spacial score (nSPS) is 11.9. The molecule has 1 rings (SSSR count). The third kappa shape index (κ3) is 6.22. The van der Waals surface area contributed by atoms with Crippen molar-refractivity contribution in [2.24, 2.45) is 0 Å². The molecule has 1 aromatic rings. The van der Waals surface area contributed by atoms with Gasteiger partial charge in [0.1, 0.15) is 6.61 Å². The Morgan fingerprint density at radius 1 is 1.41 bits per heavy atom. The summed E-state index contributed by atoms with van der Waals surface area (Å²) in [5, 5.41) is 2.81. The van der Waals surface area contributed by atoms with Gasteiger partial charge in [-0.15, -0.1) is 0 Å². The third-order valence-corrected chi connectivity index (χ3v) is 2.98. The minimum absolute atomic E-state index is 0.158. The molecule has 0 heterocycles. The number of ether oxygens (including phenoxy) is 1. The van der Waals surface area contributed by atoms with Crippen LogP contribution in [0.15, 0.2) is 30.3 Å². The molecule has 1 atom stereocenters. The molecule has 17 heavy (non-hydrogen) atoms. The zero-order valence-corrected chi connectivity index (χ0v) is 11.1. The lowest BCUT2D eigenvalue weighted by molar-refractivity contribution is 0.136. The van der Waals surface area contributed by atoms with Gasteiger partial charge in [0.15, 0.2) is 0 Å². The van der Waals surface area contributed by atoms with Gasteiger partial charge in [-0.3, -0.25) is 0 Å². The van der Waals surface area contributed by atoms with E-state index < -0.39 is 0 Å². The number of thioether (sulfide) groups is 1. The van der Waals surface area contributed by atoms with Crippen molar-refractivity contribution in [1.29, 1.82) is 0 Å². The molecule has 0 aliphatic rings. The van der Waals surface area contributed by atoms with Gasteiger partial charge in [0.2, 0.25) is 0 Å². The van der Waals surface area contributed by atoms with Crippen molar-refractivity contribution < 1.29 is 9.53 Å². The first-order valence-electron chi connectivity index (χ1n) is 5.68. The Labute approximate surface area is 107 Å². The van der Waals surface area contributed by atoms with E-state index >= 15 is 0 Å². The number of hydrogen-bond acceptors (Lipinski definition) is 3. The van der Waals surface area contributed by atoms with Crippen LogP contribution in [0.2, 0.25) is 0 Å². The molecule has 0 aromatic heterocycles. The van der Waals surface area contributed by atoms with Crippen molar-refractivity contribution in [1.82, 2.24) is 5.32 Å². The predicted octanol–water partition coefficient (Wildman–Crippen LogP) is 3.05. The van der Waals surface area contributed by atoms with Crippen LogP contribution in [0.4, 0.5) is 4.79 Å². The van der Waals surface area contributed by atoms with E-state index in [1.54, 1.807) is 11.8 Å². The van der Waals surface area contributed by atoms with Gasteiger partial charge in [-0.25, -0.2) is 4.79 Å². The molecule has 1 amide bonds. The molecule has 0 aliphatic carbocycles. The summed E-state index contributed by atoms with van der Waals surface area (Å²) in [7, 11) is 0. The molecule has 0 saturated carbocycles. The zero-order chi connectivity index (χ0) is 12.5. The number of nitrogens with one attached hydrogen (secondary N) is 1. The topological polar surface area (TPSA) is 38.3 Å². The van der Waals surface area contributed by atoms with Crippen LogP contribution in [-0.2, 0) is 11.3 Å². The fraction of sp³-hybridized carbons (Fsp3) is 0.462. The van der Waals surface area contributed by atoms with Crippen LogP contribution in [0.1, 0.15) is 18.9 Å². The van der Waals surface area contributed by atoms with Gasteiger partial charge in [0.05, 0.1) is 0 Å². The molecule has 94 valence electrons. The van der Waals surface area contributed by atoms with E-state index in [0.717, 1.165) is 17.7 Å². The summed E-state index contributed by atoms with van der Waals surface area (Å²) in [6.07, 6.45) is 2.67. The molecule has 0 bridgehead atoms. The average Bonchev–Trinajstić information content (AvgIpc) is 2.35. The lowest BCUT2D eigenvalue weighted by Gasteiger charge is -2.13. The van der Waals surface area contributed by atoms with Gasteiger partial charge >= 0.3 is 6.09 Å². The number of amides is 1. The molecular formula is C13H19NO2S. The largest absolute Gasteiger partial charge is 0.445 e. The molecule has 0 fully saturated rings. The minimum Gasteiger partial charge on any atom is -0.445 e. The molecule has 1 N–H and O–H groups in total. The van der Waals surface area contributed by atoms with Gasteiger partial charge in [0, 0.05) is 6.04 Å². The first kappa shape index (κ1) is 13.9. The Hall–Kier alpha value is -1.16. The number of carbonyl (C=O) groups is 1. The molecule has 3 nitrogen and oxygen atoms in total. The second kappa shape index (κ2) is 8.01. The Kier molecular flexibility index (Phi) is 6.55. The first-order chi connectivity index (χ1) is 8.22. The summed E-state index contributed by atoms with van der Waals surface area (Å²) in [6, 6.07) is 9.82. The zero-order valence-electron chi connectivity index (χ0n) is 10.3. The highest BCUT2D eigenvalue weighted by atomic mass is 32.2. The van der Waals surface area contributed by atoms with E-state index in [2.05, 4.69) is 11.6 Å². The van der Waals surface area contributed by atoms with Gasteiger partial charge in [-0.05, 0) is 30.9 Å². The maximum absolute atomic E-state index is 11.4. The van der Waals surface area contributed by atoms with Gasteiger partial charge in [-0.1, -0.05) is 30.3 Å². The molecule has 4 heteroatoms. The summed E-state index contributed by atoms with van der Waals surface area (Å²) >= 11 is 1.78. The van der Waals surface area contributed by atoms with Crippen LogP contribution in [0.5, 0.6) is 0 Å². The van der Waals surface area contributed by atoms with E-state index in [0.29, 0.717) is 6.61 Å². The summed E-state index contributed by atoms with van der Waals surface area (Å²) in [5.41, 5.74) is 0.999. The number of benzene rings is 1. The van der Waals surface area contributed by atoms with Crippen molar-refractivity contribution in [3.05, 3.63) is 35.9 Å². The standard InChI is InChI=1S/C13H19NO2S/c1-11(8-9-17-2)14-13(15)16-10-12-6-4-3-5-7-12/h3-7,11H,8-10H2,1-2H3,(H,14,15). The smallest absolute Gasteiger partial charge is 0.407 e. The maximum atomic E-state index is 11.4. The van der Waals surface area contributed by atoms with Crippen molar-refractivity contribution in [3.8, 4) is 0 Å². The Morgan fingerprint density at radius 3 is 2.76 bits per heavy atom. The highest BCUT2D eigenvalue weighted by molar-refractivity contribution is 7.98. The molecule has 0 aliphatic heterocycles. The first-order valence-corrected chi connectivity index (χ1v) is 7.08. The van der Waals surface area contributed by atoms with Crippen LogP contribution < -0.4 is 5.32 Å². The Bertz CT molecular complexity index is 329. The number of carbonyl (C=O) groups excluding carboxylic acids is 1. The lowest BCUT2D eigenvalue weighted by atomic mass is 10.2. The highest BCUT2D eigenvalue weighted by Gasteiger charge is 2.07. The van der Waals surface area contributed by atoms with E-state index in [1.807, 2.05) is 37.3 Å². The Balaban J connectivity index is 2.21. The molecule has 0 spiro atoms. The van der Waals surface area contributed by atoms with Crippen LogP contribution in [0.25, 0.3) is 0 Å². The summed E-state index contributed by atoms with van der Waals surface area (Å²) in [5.74, 6) is 1.04. The van der Waals surface area contributed by atoms with Gasteiger partial charge in [0.25, 0.3) is 0 Å². The van der Waals surface area contributed by atoms with E-state index in [1.165, 1.54) is 0 Å². The highest BCUT2D eigenvalue weighted by Crippen LogP contribution is 2.02. The van der Waals surface area contributed by atoms with Crippen molar-refractivity contribution in [3.63, 3.8) is 0 Å². The van der Waals surface area contributed by atoms with E-state index in [-0.39, 0.29) is 12.1 Å². The van der Waals surface area contributed by atoms with E-state index in [9.17, 15) is 4.79 Å². The molecule has 1 aromatic carbocycles. The molecule has 0 radical (unpaired) electrons. The van der Waals surface area contributed by atoms with Gasteiger partial charge < -0.3 is 10.1 Å². The summed E-state index contributed by atoms with van der Waals surface area (Å²) in [4.78, 5) is 11.4. The fourth-order valence-corrected chi connectivity index (χ4v) is 1.92. The predicted molar refractivity (Wildman–Crippen MR) is 72.2 cm³/mol. The molecule has 0 saturated heterocycles. The number of alkyl carbamates (subject to hydrolysis) is 1. The van der Waals surface area contributed by atoms with Gasteiger partial charge in [-0.2, -0.15) is 11.8 Å². The fourth-order valence-electron chi connectivity index (χ4n) is 1.33. The monoisotopic (exact) mass is 253 g/mol. The molecule has 1 unspecified atom stereocenters. The van der Waals surface area contributed by atoms with Crippen LogP contribution >= 0.6 is 11.8 Å². The second-order valence-corrected chi connectivity index (χ2v) is 4.87. The quantitative estimate of drug-likeness (QED) is 0.846. The number of hydrogen-bond donors (Lipinski definition) is 1. The average molecular weight is 253 g/mol. The van der Waals surface area contributed by atoms with Crippen molar-refractivity contribution in [2.75, 3.05) is 12.0 Å². The van der Waals surface area contributed by atoms with Crippen LogP contribution in [0, 0.1) is 0 Å². The lowest BCUT2D eigenvalue weighted by Crippen LogP contribution is -2.33. The number of rotatable bonds is 6. The van der Waals surface area contributed by atoms with Crippen LogP contribution in [-0.4, -0.2) is 24.1 Å². The van der Waals surface area contributed by atoms with E-state index in [4.69, 9.17) is 4.74 Å². The van der Waals surface area contributed by atoms with Crippen molar-refractivity contribution >= 4 is 17.9 Å². The second-order valence-electron chi connectivity index (χ2n) is 3.89. The van der Waals surface area contributed by atoms with Crippen molar-refractivity contribution in [2.45, 2.75) is 26.0 Å². The Morgan fingerprint density at radius 2 is 2.12 bits per heavy atom.